The van der Waals surface area contributed by atoms with Gasteiger partial charge in [-0.2, -0.15) is 0 Å². The number of hydrogen-bond acceptors (Lipinski definition) is 1. The molecule has 0 aromatic rings. The van der Waals surface area contributed by atoms with Crippen molar-refractivity contribution in [2.24, 2.45) is 0 Å². The molecule has 0 radical (unpaired) electrons. The van der Waals surface area contributed by atoms with E-state index >= 15 is 0 Å². The summed E-state index contributed by atoms with van der Waals surface area (Å²) >= 11 is 0. The van der Waals surface area contributed by atoms with Crippen molar-refractivity contribution in [3.8, 4) is 0 Å². The topological polar surface area (TPSA) is 17.1 Å². The zero-order chi connectivity index (χ0) is 9.07. The summed E-state index contributed by atoms with van der Waals surface area (Å²) in [7, 11) is 0. The van der Waals surface area contributed by atoms with Crippen molar-refractivity contribution in [1.82, 2.24) is 0 Å². The predicted octanol–water partition coefficient (Wildman–Crippen LogP) is 3.49. The van der Waals surface area contributed by atoms with E-state index in [1.54, 1.807) is 0 Å². The number of carbonyl (C=O) groups is 1. The minimum Gasteiger partial charge on any atom is -0.303 e. The first-order valence-electron chi connectivity index (χ1n) is 4.96. The third-order valence-electron chi connectivity index (χ3n) is 1.93. The van der Waals surface area contributed by atoms with Crippen LogP contribution in [0.4, 0.5) is 0 Å². The molecule has 0 bridgehead atoms. The molecule has 0 rings (SSSR count). The molecule has 0 fully saturated rings. The number of unbranched alkanes of at least 4 members (excludes halogenated alkanes) is 6. The molecule has 0 amide bonds. The van der Waals surface area contributed by atoms with Gasteiger partial charge in [0.2, 0.25) is 0 Å². The maximum atomic E-state index is 9.97. The van der Waals surface area contributed by atoms with Gasteiger partial charge in [-0.25, -0.2) is 0 Å². The van der Waals surface area contributed by atoms with E-state index in [9.17, 15) is 4.79 Å². The fourth-order valence-electron chi connectivity index (χ4n) is 1.19. The minimum atomic E-state index is 0.745. The molecule has 12 heavy (non-hydrogen) atoms. The van der Waals surface area contributed by atoms with Gasteiger partial charge in [0.05, 0.1) is 0 Å². The molecular weight excluding hydrogens is 148 g/mol. The van der Waals surface area contributed by atoms with Crippen LogP contribution in [-0.4, -0.2) is 6.29 Å². The Morgan fingerprint density at radius 2 is 1.50 bits per heavy atom. The van der Waals surface area contributed by atoms with Crippen LogP contribution in [0, 0.1) is 0 Å². The zero-order valence-electron chi connectivity index (χ0n) is 8.09. The summed E-state index contributed by atoms with van der Waals surface area (Å²) in [5, 5.41) is 0. The van der Waals surface area contributed by atoms with Gasteiger partial charge in [-0.05, 0) is 26.2 Å². The second kappa shape index (κ2) is 10.4. The largest absolute Gasteiger partial charge is 0.303 e. The Labute approximate surface area is 75.9 Å². The quantitative estimate of drug-likeness (QED) is 0.308. The van der Waals surface area contributed by atoms with E-state index in [0.29, 0.717) is 0 Å². The average molecular weight is 168 g/mol. The third-order valence-corrected chi connectivity index (χ3v) is 1.93. The number of hydrogen-bond donors (Lipinski definition) is 0. The summed E-state index contributed by atoms with van der Waals surface area (Å²) < 4.78 is 0. The van der Waals surface area contributed by atoms with Crippen LogP contribution in [-0.2, 0) is 4.79 Å². The predicted molar refractivity (Wildman–Crippen MR) is 53.2 cm³/mol. The lowest BCUT2D eigenvalue weighted by Gasteiger charge is -1.96. The van der Waals surface area contributed by atoms with Crippen molar-refractivity contribution in [2.45, 2.75) is 51.9 Å². The lowest BCUT2D eigenvalue weighted by atomic mass is 10.1. The van der Waals surface area contributed by atoms with Gasteiger partial charge in [0, 0.05) is 6.42 Å². The monoisotopic (exact) mass is 168 g/mol. The Kier molecular flexibility index (Phi) is 9.90. The number of carbonyl (C=O) groups excluding carboxylic acids is 1. The molecule has 0 aromatic heterocycles. The molecule has 0 spiro atoms. The summed E-state index contributed by atoms with van der Waals surface area (Å²) in [6.07, 6.45) is 13.5. The summed E-state index contributed by atoms with van der Waals surface area (Å²) in [4.78, 5) is 9.97. The summed E-state index contributed by atoms with van der Waals surface area (Å²) in [5.41, 5.74) is 0. The summed E-state index contributed by atoms with van der Waals surface area (Å²) in [5.74, 6) is 0. The Morgan fingerprint density at radius 1 is 0.917 bits per heavy atom. The average Bonchev–Trinajstić information content (AvgIpc) is 2.10. The number of aldehydes is 1. The van der Waals surface area contributed by atoms with E-state index in [1.165, 1.54) is 32.1 Å². The molecule has 0 aliphatic heterocycles. The standard InChI is InChI=1S/C11H20O/c1-2-3-4-5-6-7-8-9-10-11-12/h2-3,11H,4-10H2,1H3/b3-2-. The molecule has 0 saturated carbocycles. The second-order valence-corrected chi connectivity index (χ2v) is 3.08. The van der Waals surface area contributed by atoms with Gasteiger partial charge in [-0.15, -0.1) is 0 Å². The highest BCUT2D eigenvalue weighted by molar-refractivity contribution is 5.48. The SMILES string of the molecule is C/C=C\CCCCCCCC=O. The molecule has 0 heterocycles. The minimum absolute atomic E-state index is 0.745. The zero-order valence-corrected chi connectivity index (χ0v) is 8.09. The first-order chi connectivity index (χ1) is 5.91. The Balaban J connectivity index is 2.86. The van der Waals surface area contributed by atoms with Crippen molar-refractivity contribution >= 4 is 6.29 Å². The van der Waals surface area contributed by atoms with Crippen LogP contribution < -0.4 is 0 Å². The summed E-state index contributed by atoms with van der Waals surface area (Å²) in [6, 6.07) is 0. The van der Waals surface area contributed by atoms with Crippen molar-refractivity contribution < 1.29 is 4.79 Å². The first-order valence-corrected chi connectivity index (χ1v) is 4.96. The number of rotatable bonds is 8. The van der Waals surface area contributed by atoms with E-state index in [2.05, 4.69) is 19.1 Å². The van der Waals surface area contributed by atoms with Crippen LogP contribution in [0.2, 0.25) is 0 Å². The molecular formula is C11H20O. The van der Waals surface area contributed by atoms with Gasteiger partial charge >= 0.3 is 0 Å². The molecule has 1 heteroatoms. The van der Waals surface area contributed by atoms with E-state index in [4.69, 9.17) is 0 Å². The van der Waals surface area contributed by atoms with E-state index in [0.717, 1.165) is 19.1 Å². The normalized spacial score (nSPS) is 10.8. The van der Waals surface area contributed by atoms with Gasteiger partial charge in [0.1, 0.15) is 6.29 Å². The van der Waals surface area contributed by atoms with Crippen molar-refractivity contribution in [1.29, 1.82) is 0 Å². The van der Waals surface area contributed by atoms with E-state index in [-0.39, 0.29) is 0 Å². The van der Waals surface area contributed by atoms with Gasteiger partial charge in [-0.3, -0.25) is 0 Å². The molecule has 0 aliphatic carbocycles. The highest BCUT2D eigenvalue weighted by atomic mass is 16.1. The van der Waals surface area contributed by atoms with Crippen LogP contribution in [0.25, 0.3) is 0 Å². The molecule has 0 atom stereocenters. The van der Waals surface area contributed by atoms with Gasteiger partial charge in [0.25, 0.3) is 0 Å². The van der Waals surface area contributed by atoms with Crippen molar-refractivity contribution in [2.75, 3.05) is 0 Å². The van der Waals surface area contributed by atoms with Crippen LogP contribution in [0.1, 0.15) is 51.9 Å². The van der Waals surface area contributed by atoms with Crippen molar-refractivity contribution in [3.63, 3.8) is 0 Å². The van der Waals surface area contributed by atoms with Crippen LogP contribution >= 0.6 is 0 Å². The first kappa shape index (κ1) is 11.4. The molecule has 0 saturated heterocycles. The molecule has 1 nitrogen and oxygen atoms in total. The highest BCUT2D eigenvalue weighted by Gasteiger charge is 1.88. The highest BCUT2D eigenvalue weighted by Crippen LogP contribution is 2.06. The van der Waals surface area contributed by atoms with Gasteiger partial charge in [0.15, 0.2) is 0 Å². The molecule has 0 aromatic carbocycles. The van der Waals surface area contributed by atoms with Crippen molar-refractivity contribution in [3.05, 3.63) is 12.2 Å². The number of allylic oxidation sites excluding steroid dienone is 2. The molecule has 0 unspecified atom stereocenters. The fourth-order valence-corrected chi connectivity index (χ4v) is 1.19. The second-order valence-electron chi connectivity index (χ2n) is 3.08. The smallest absolute Gasteiger partial charge is 0.119 e. The fraction of sp³-hybridized carbons (Fsp3) is 0.727. The van der Waals surface area contributed by atoms with Crippen LogP contribution in [0.15, 0.2) is 12.2 Å². The maximum Gasteiger partial charge on any atom is 0.119 e. The lowest BCUT2D eigenvalue weighted by molar-refractivity contribution is -0.107. The van der Waals surface area contributed by atoms with E-state index in [1.807, 2.05) is 0 Å². The lowest BCUT2D eigenvalue weighted by Crippen LogP contribution is -1.79. The molecule has 0 N–H and O–H groups in total. The van der Waals surface area contributed by atoms with Crippen LogP contribution in [0.3, 0.4) is 0 Å². The third kappa shape index (κ3) is 9.41. The van der Waals surface area contributed by atoms with Crippen LogP contribution in [0.5, 0.6) is 0 Å². The molecule has 0 aliphatic rings. The van der Waals surface area contributed by atoms with E-state index < -0.39 is 0 Å². The Hall–Kier alpha value is -0.590. The Morgan fingerprint density at radius 3 is 2.08 bits per heavy atom. The summed E-state index contributed by atoms with van der Waals surface area (Å²) in [6.45, 7) is 2.06. The Bertz CT molecular complexity index is 116. The van der Waals surface area contributed by atoms with Gasteiger partial charge in [-0.1, -0.05) is 31.4 Å². The maximum absolute atomic E-state index is 9.97. The molecule has 70 valence electrons. The van der Waals surface area contributed by atoms with Gasteiger partial charge < -0.3 is 4.79 Å².